The first-order chi connectivity index (χ1) is 3.77. The van der Waals surface area contributed by atoms with Crippen LogP contribution in [0.25, 0.3) is 0 Å². The first kappa shape index (κ1) is 8.15. The molecule has 0 N–H and O–H groups in total. The SMILES string of the molecule is [B][B][B]CCN(C)C. The minimum absolute atomic E-state index is 1.05. The van der Waals surface area contributed by atoms with Crippen molar-refractivity contribution < 1.29 is 0 Å². The second-order valence-electron chi connectivity index (χ2n) is 2.02. The molecule has 0 aliphatic rings. The first-order valence-corrected chi connectivity index (χ1v) is 2.79. The molecule has 0 aromatic rings. The van der Waals surface area contributed by atoms with Gasteiger partial charge >= 0.3 is 0 Å². The van der Waals surface area contributed by atoms with Crippen molar-refractivity contribution >= 4 is 22.0 Å². The van der Waals surface area contributed by atoms with Gasteiger partial charge < -0.3 is 4.90 Å². The highest BCUT2D eigenvalue weighted by molar-refractivity contribution is 7.23. The summed E-state index contributed by atoms with van der Waals surface area (Å²) in [7, 11) is 12.8. The molecule has 0 heterocycles. The van der Waals surface area contributed by atoms with E-state index in [1.54, 1.807) is 7.06 Å². The third-order valence-corrected chi connectivity index (χ3v) is 0.879. The zero-order valence-corrected chi connectivity index (χ0v) is 5.59. The van der Waals surface area contributed by atoms with Gasteiger partial charge in [0.2, 0.25) is 0 Å². The van der Waals surface area contributed by atoms with Crippen LogP contribution in [0.2, 0.25) is 6.32 Å². The van der Waals surface area contributed by atoms with Crippen LogP contribution in [0.5, 0.6) is 0 Å². The van der Waals surface area contributed by atoms with Gasteiger partial charge in [-0.25, -0.2) is 0 Å². The fourth-order valence-electron chi connectivity index (χ4n) is 0.429. The molecule has 0 aromatic carbocycles. The Bertz CT molecular complexity index is 48.5. The normalized spacial score (nSPS) is 9.38. The van der Waals surface area contributed by atoms with E-state index in [2.05, 4.69) is 4.90 Å². The number of nitrogens with zero attached hydrogens (tertiary/aromatic N) is 1. The summed E-state index contributed by atoms with van der Waals surface area (Å²) >= 11 is 0. The van der Waals surface area contributed by atoms with Crippen LogP contribution in [-0.2, 0) is 0 Å². The lowest BCUT2D eigenvalue weighted by molar-refractivity contribution is 0.433. The van der Waals surface area contributed by atoms with Crippen molar-refractivity contribution in [1.29, 1.82) is 0 Å². The van der Waals surface area contributed by atoms with Gasteiger partial charge in [-0.3, -0.25) is 0 Å². The molecule has 4 radical (unpaired) electrons. The standard InChI is InChI=1S/C4H10B3N/c1-8(2)4-3-6-7-5/h3-4H2,1-2H3. The van der Waals surface area contributed by atoms with Gasteiger partial charge in [-0.05, 0) is 20.6 Å². The molecule has 0 spiro atoms. The van der Waals surface area contributed by atoms with Crippen molar-refractivity contribution in [2.24, 2.45) is 0 Å². The van der Waals surface area contributed by atoms with Gasteiger partial charge in [0.25, 0.3) is 0 Å². The average Bonchev–Trinajstić information content (AvgIpc) is 1.66. The van der Waals surface area contributed by atoms with Gasteiger partial charge in [0, 0.05) is 14.8 Å². The van der Waals surface area contributed by atoms with Crippen molar-refractivity contribution in [2.75, 3.05) is 20.6 Å². The molecule has 0 atom stereocenters. The summed E-state index contributed by atoms with van der Waals surface area (Å²) in [5.41, 5.74) is 0. The van der Waals surface area contributed by atoms with Gasteiger partial charge in [0.1, 0.15) is 0 Å². The van der Waals surface area contributed by atoms with Crippen LogP contribution in [0, 0.1) is 0 Å². The van der Waals surface area contributed by atoms with Crippen molar-refractivity contribution in [1.82, 2.24) is 4.90 Å². The molecule has 0 amide bonds. The number of hydrogen-bond acceptors (Lipinski definition) is 1. The van der Waals surface area contributed by atoms with Gasteiger partial charge in [0.15, 0.2) is 0 Å². The smallest absolute Gasteiger partial charge is 0.0561 e. The molecule has 0 aromatic heterocycles. The van der Waals surface area contributed by atoms with E-state index in [9.17, 15) is 0 Å². The molecule has 0 fully saturated rings. The van der Waals surface area contributed by atoms with Crippen LogP contribution in [0.15, 0.2) is 0 Å². The third kappa shape index (κ3) is 6.15. The third-order valence-electron chi connectivity index (χ3n) is 0.879. The van der Waals surface area contributed by atoms with E-state index in [-0.39, 0.29) is 0 Å². The second-order valence-corrected chi connectivity index (χ2v) is 2.02. The Morgan fingerprint density at radius 1 is 1.50 bits per heavy atom. The maximum atomic E-state index is 5.12. The van der Waals surface area contributed by atoms with Crippen LogP contribution < -0.4 is 0 Å². The van der Waals surface area contributed by atoms with Crippen molar-refractivity contribution in [3.8, 4) is 0 Å². The van der Waals surface area contributed by atoms with Gasteiger partial charge in [-0.2, -0.15) is 0 Å². The predicted molar refractivity (Wildman–Crippen MR) is 40.6 cm³/mol. The zero-order valence-electron chi connectivity index (χ0n) is 5.59. The van der Waals surface area contributed by atoms with E-state index < -0.39 is 0 Å². The summed E-state index contributed by atoms with van der Waals surface area (Å²) in [5, 5.41) is 0. The summed E-state index contributed by atoms with van der Waals surface area (Å²) in [4.78, 5) is 2.12. The van der Waals surface area contributed by atoms with Crippen LogP contribution in [0.1, 0.15) is 0 Å². The van der Waals surface area contributed by atoms with Gasteiger partial charge in [0.05, 0.1) is 7.17 Å². The zero-order chi connectivity index (χ0) is 6.41. The van der Waals surface area contributed by atoms with Crippen molar-refractivity contribution in [3.05, 3.63) is 0 Å². The Morgan fingerprint density at radius 3 is 2.50 bits per heavy atom. The monoisotopic (exact) mass is 105 g/mol. The largest absolute Gasteiger partial charge is 0.310 e. The molecule has 0 bridgehead atoms. The lowest BCUT2D eigenvalue weighted by Crippen LogP contribution is -2.16. The molecule has 1 nitrogen and oxygen atoms in total. The molecule has 0 aliphatic heterocycles. The quantitative estimate of drug-likeness (QED) is 0.339. The van der Waals surface area contributed by atoms with Gasteiger partial charge in [-0.15, -0.1) is 0 Å². The second kappa shape index (κ2) is 5.29. The molecular weight excluding hydrogens is 94.5 g/mol. The van der Waals surface area contributed by atoms with E-state index in [1.807, 2.05) is 21.3 Å². The summed E-state index contributed by atoms with van der Waals surface area (Å²) in [6, 6.07) is 0. The Morgan fingerprint density at radius 2 is 2.12 bits per heavy atom. The van der Waals surface area contributed by atoms with Crippen molar-refractivity contribution in [3.63, 3.8) is 0 Å². The number of hydrogen-bond donors (Lipinski definition) is 0. The topological polar surface area (TPSA) is 3.24 Å². The lowest BCUT2D eigenvalue weighted by Gasteiger charge is -2.06. The fourth-order valence-corrected chi connectivity index (χ4v) is 0.429. The predicted octanol–water partition coefficient (Wildman–Crippen LogP) is -0.627. The van der Waals surface area contributed by atoms with E-state index in [4.69, 9.17) is 7.74 Å². The van der Waals surface area contributed by atoms with E-state index in [0.29, 0.717) is 0 Å². The first-order valence-electron chi connectivity index (χ1n) is 2.79. The minimum atomic E-state index is 1.05. The Balaban J connectivity index is 2.72. The summed E-state index contributed by atoms with van der Waals surface area (Å²) in [5.74, 6) is 0. The van der Waals surface area contributed by atoms with Crippen molar-refractivity contribution in [2.45, 2.75) is 6.32 Å². The van der Waals surface area contributed by atoms with Crippen LogP contribution in [-0.4, -0.2) is 47.5 Å². The Labute approximate surface area is 54.7 Å². The minimum Gasteiger partial charge on any atom is -0.310 e. The maximum absolute atomic E-state index is 5.12. The van der Waals surface area contributed by atoms with Crippen LogP contribution in [0.4, 0.5) is 0 Å². The molecule has 0 saturated heterocycles. The Hall–Kier alpha value is 0.155. The molecular formula is C4H10B3N. The summed E-state index contributed by atoms with van der Waals surface area (Å²) < 4.78 is 0. The molecule has 4 heteroatoms. The lowest BCUT2D eigenvalue weighted by atomic mass is 9.27. The fraction of sp³-hybridized carbons (Fsp3) is 1.00. The summed E-state index contributed by atoms with van der Waals surface area (Å²) in [6.07, 6.45) is 1.05. The highest BCUT2D eigenvalue weighted by Crippen LogP contribution is 1.79. The average molecular weight is 105 g/mol. The van der Waals surface area contributed by atoms with Gasteiger partial charge in [-0.1, -0.05) is 6.32 Å². The molecule has 8 heavy (non-hydrogen) atoms. The van der Waals surface area contributed by atoms with E-state index in [0.717, 1.165) is 12.9 Å². The maximum Gasteiger partial charge on any atom is 0.0561 e. The summed E-state index contributed by atoms with van der Waals surface area (Å²) in [6.45, 7) is 1.08. The molecule has 0 rings (SSSR count). The van der Waals surface area contributed by atoms with E-state index >= 15 is 0 Å². The van der Waals surface area contributed by atoms with Crippen LogP contribution >= 0.6 is 0 Å². The molecule has 0 unspecified atom stereocenters. The van der Waals surface area contributed by atoms with Crippen LogP contribution in [0.3, 0.4) is 0 Å². The highest BCUT2D eigenvalue weighted by Gasteiger charge is 1.88. The molecule has 0 saturated carbocycles. The molecule has 40 valence electrons. The highest BCUT2D eigenvalue weighted by atomic mass is 15.0. The Kier molecular flexibility index (Phi) is 5.40. The van der Waals surface area contributed by atoms with E-state index in [1.165, 1.54) is 0 Å². The number of rotatable bonds is 4. The molecule has 0 aliphatic carbocycles.